The monoisotopic (exact) mass is 504 g/mol. The van der Waals surface area contributed by atoms with Crippen LogP contribution in [0.1, 0.15) is 0 Å². The van der Waals surface area contributed by atoms with Gasteiger partial charge in [0.2, 0.25) is 10.0 Å². The van der Waals surface area contributed by atoms with Gasteiger partial charge in [0, 0.05) is 25.8 Å². The molecular formula is C18H15F3N4O6S2. The second kappa shape index (κ2) is 8.31. The van der Waals surface area contributed by atoms with Crippen molar-refractivity contribution >= 4 is 42.7 Å². The lowest BCUT2D eigenvalue weighted by Gasteiger charge is -2.38. The van der Waals surface area contributed by atoms with E-state index in [1.54, 1.807) is 11.0 Å². The van der Waals surface area contributed by atoms with Gasteiger partial charge in [-0.25, -0.2) is 13.4 Å². The van der Waals surface area contributed by atoms with Crippen molar-refractivity contribution in [1.29, 1.82) is 0 Å². The topological polar surface area (TPSA) is 133 Å². The molecule has 1 saturated heterocycles. The van der Waals surface area contributed by atoms with E-state index in [9.17, 15) is 36.3 Å². The number of pyridine rings is 1. The van der Waals surface area contributed by atoms with Gasteiger partial charge < -0.3 is 19.7 Å². The minimum Gasteiger partial charge on any atom is -0.480 e. The number of hydrogen-bond acceptors (Lipinski definition) is 8. The van der Waals surface area contributed by atoms with Crippen LogP contribution >= 0.6 is 11.3 Å². The maximum atomic E-state index is 13.0. The largest absolute Gasteiger partial charge is 0.573 e. The Morgan fingerprint density at radius 2 is 1.91 bits per heavy atom. The molecule has 0 spiro atoms. The van der Waals surface area contributed by atoms with E-state index in [1.807, 2.05) is 0 Å². The zero-order valence-electron chi connectivity index (χ0n) is 16.4. The maximum absolute atomic E-state index is 13.0. The lowest BCUT2D eigenvalue weighted by Crippen LogP contribution is -2.58. The van der Waals surface area contributed by atoms with Gasteiger partial charge in [-0.05, 0) is 30.3 Å². The van der Waals surface area contributed by atoms with Crippen LogP contribution in [0.5, 0.6) is 5.75 Å². The average molecular weight is 504 g/mol. The Hall–Kier alpha value is -3.17. The van der Waals surface area contributed by atoms with Crippen molar-refractivity contribution in [2.45, 2.75) is 17.3 Å². The normalized spacial score (nSPS) is 17.9. The number of rotatable bonds is 5. The molecule has 1 fully saturated rings. The van der Waals surface area contributed by atoms with Gasteiger partial charge in [0.15, 0.2) is 5.13 Å². The third kappa shape index (κ3) is 4.65. The van der Waals surface area contributed by atoms with Crippen LogP contribution in [0, 0.1) is 0 Å². The Bertz CT molecular complexity index is 1350. The number of alkyl halides is 3. The molecule has 3 heterocycles. The van der Waals surface area contributed by atoms with Crippen LogP contribution in [0.25, 0.3) is 10.2 Å². The van der Waals surface area contributed by atoms with Crippen LogP contribution in [0.4, 0.5) is 18.3 Å². The van der Waals surface area contributed by atoms with E-state index in [-0.39, 0.29) is 30.1 Å². The number of ether oxygens (including phenoxy) is 1. The molecule has 1 atom stereocenters. The summed E-state index contributed by atoms with van der Waals surface area (Å²) >= 11 is 1.06. The van der Waals surface area contributed by atoms with Crippen LogP contribution in [0.3, 0.4) is 0 Å². The van der Waals surface area contributed by atoms with Crippen LogP contribution in [-0.4, -0.2) is 65.8 Å². The SMILES string of the molecule is O=C(O)[C@H]1CN(c2nc3cc[nH]c(=O)c3s2)CCN1S(=O)(=O)c1ccc(OC(F)(F)F)cc1. The number of carbonyl (C=O) groups is 1. The van der Waals surface area contributed by atoms with Gasteiger partial charge in [-0.3, -0.25) is 9.59 Å². The number of aliphatic carboxylic acids is 1. The highest BCUT2D eigenvalue weighted by Crippen LogP contribution is 2.31. The quantitative estimate of drug-likeness (QED) is 0.538. The van der Waals surface area contributed by atoms with Crippen molar-refractivity contribution in [1.82, 2.24) is 14.3 Å². The first-order chi connectivity index (χ1) is 15.5. The molecule has 0 saturated carbocycles. The summed E-state index contributed by atoms with van der Waals surface area (Å²) in [6.07, 6.45) is -3.50. The predicted molar refractivity (Wildman–Crippen MR) is 111 cm³/mol. The molecular weight excluding hydrogens is 489 g/mol. The average Bonchev–Trinajstić information content (AvgIpc) is 3.18. The molecule has 1 aliphatic rings. The molecule has 1 aromatic carbocycles. The molecule has 0 amide bonds. The van der Waals surface area contributed by atoms with Crippen LogP contribution in [0.2, 0.25) is 0 Å². The molecule has 1 aliphatic heterocycles. The number of piperazine rings is 1. The number of H-pyrrole nitrogens is 1. The van der Waals surface area contributed by atoms with Gasteiger partial charge in [-0.2, -0.15) is 4.31 Å². The third-order valence-corrected chi connectivity index (χ3v) is 7.91. The molecule has 3 aromatic rings. The zero-order valence-corrected chi connectivity index (χ0v) is 18.1. The molecule has 176 valence electrons. The summed E-state index contributed by atoms with van der Waals surface area (Å²) in [5.74, 6) is -2.01. The van der Waals surface area contributed by atoms with Gasteiger partial charge in [0.25, 0.3) is 5.56 Å². The number of carboxylic acids is 1. The Labute approximate surface area is 187 Å². The Morgan fingerprint density at radius 1 is 1.21 bits per heavy atom. The van der Waals surface area contributed by atoms with E-state index in [2.05, 4.69) is 14.7 Å². The smallest absolute Gasteiger partial charge is 0.480 e. The summed E-state index contributed by atoms with van der Waals surface area (Å²) in [7, 11) is -4.34. The van der Waals surface area contributed by atoms with Crippen molar-refractivity contribution in [3.8, 4) is 5.75 Å². The fourth-order valence-electron chi connectivity index (χ4n) is 3.37. The van der Waals surface area contributed by atoms with E-state index in [1.165, 1.54) is 6.20 Å². The second-order valence-corrected chi connectivity index (χ2v) is 9.82. The summed E-state index contributed by atoms with van der Waals surface area (Å²) < 4.78 is 68.0. The van der Waals surface area contributed by atoms with E-state index in [0.717, 1.165) is 39.9 Å². The highest BCUT2D eigenvalue weighted by Gasteiger charge is 2.41. The van der Waals surface area contributed by atoms with E-state index >= 15 is 0 Å². The second-order valence-electron chi connectivity index (χ2n) is 6.95. The zero-order chi connectivity index (χ0) is 24.0. The fourth-order valence-corrected chi connectivity index (χ4v) is 5.93. The number of anilines is 1. The predicted octanol–water partition coefficient (Wildman–Crippen LogP) is 1.85. The lowest BCUT2D eigenvalue weighted by molar-refractivity contribution is -0.274. The van der Waals surface area contributed by atoms with E-state index < -0.39 is 34.1 Å². The van der Waals surface area contributed by atoms with Gasteiger partial charge >= 0.3 is 12.3 Å². The Balaban J connectivity index is 1.59. The van der Waals surface area contributed by atoms with Gasteiger partial charge in [-0.15, -0.1) is 13.2 Å². The molecule has 4 rings (SSSR count). The number of nitrogens with one attached hydrogen (secondary N) is 1. The molecule has 0 radical (unpaired) electrons. The highest BCUT2D eigenvalue weighted by atomic mass is 32.2. The molecule has 10 nitrogen and oxygen atoms in total. The first-order valence-corrected chi connectivity index (χ1v) is 11.5. The Kier molecular flexibility index (Phi) is 5.79. The number of halogens is 3. The number of aromatic amines is 1. The van der Waals surface area contributed by atoms with Gasteiger partial charge in [-0.1, -0.05) is 11.3 Å². The highest BCUT2D eigenvalue weighted by molar-refractivity contribution is 7.89. The standard InChI is InChI=1S/C18H15F3N4O6S2/c19-18(20,21)31-10-1-3-11(4-2-10)33(29,30)25-8-7-24(9-13(25)16(27)28)17-23-12-5-6-22-15(26)14(12)32-17/h1-6,13H,7-9H2,(H,22,26)(H,27,28)/t13-/m1/s1. The summed E-state index contributed by atoms with van der Waals surface area (Å²) in [5, 5.41) is 10.1. The number of thiazole rings is 1. The van der Waals surface area contributed by atoms with Gasteiger partial charge in [0.05, 0.1) is 10.4 Å². The summed E-state index contributed by atoms with van der Waals surface area (Å²) in [6.45, 7) is -0.357. The maximum Gasteiger partial charge on any atom is 0.573 e. The fraction of sp³-hybridized carbons (Fsp3) is 0.278. The first-order valence-electron chi connectivity index (χ1n) is 9.29. The third-order valence-electron chi connectivity index (χ3n) is 4.85. The molecule has 0 bridgehead atoms. The number of nitrogens with zero attached hydrogens (tertiary/aromatic N) is 3. The summed E-state index contributed by atoms with van der Waals surface area (Å²) in [5.41, 5.74) is 0.0899. The van der Waals surface area contributed by atoms with Crippen molar-refractivity contribution in [2.75, 3.05) is 24.5 Å². The van der Waals surface area contributed by atoms with E-state index in [4.69, 9.17) is 0 Å². The summed E-state index contributed by atoms with van der Waals surface area (Å²) in [6, 6.07) is 3.62. The molecule has 2 N–H and O–H groups in total. The minimum absolute atomic E-state index is 0.0933. The number of benzene rings is 1. The van der Waals surface area contributed by atoms with Gasteiger partial charge in [0.1, 0.15) is 16.5 Å². The summed E-state index contributed by atoms with van der Waals surface area (Å²) in [4.78, 5) is 31.9. The molecule has 0 unspecified atom stereocenters. The molecule has 0 aliphatic carbocycles. The number of fused-ring (bicyclic) bond motifs is 1. The molecule has 15 heteroatoms. The lowest BCUT2D eigenvalue weighted by atomic mass is 10.2. The minimum atomic E-state index is -4.93. The first kappa shape index (κ1) is 23.0. The van der Waals surface area contributed by atoms with Crippen molar-refractivity contribution in [3.63, 3.8) is 0 Å². The number of carboxylic acid groups (broad SMARTS) is 1. The van der Waals surface area contributed by atoms with Crippen molar-refractivity contribution < 1.29 is 36.2 Å². The van der Waals surface area contributed by atoms with Crippen LogP contribution in [-0.2, 0) is 14.8 Å². The number of hydrogen-bond donors (Lipinski definition) is 2. The van der Waals surface area contributed by atoms with E-state index in [0.29, 0.717) is 15.3 Å². The van der Waals surface area contributed by atoms with Crippen molar-refractivity contribution in [2.24, 2.45) is 0 Å². The number of aromatic nitrogens is 2. The van der Waals surface area contributed by atoms with Crippen LogP contribution in [0.15, 0.2) is 46.2 Å². The van der Waals surface area contributed by atoms with Crippen LogP contribution < -0.4 is 15.2 Å². The molecule has 33 heavy (non-hydrogen) atoms. The number of sulfonamides is 1. The van der Waals surface area contributed by atoms with Crippen molar-refractivity contribution in [3.05, 3.63) is 46.9 Å². The molecule has 2 aromatic heterocycles. The Morgan fingerprint density at radius 3 is 2.52 bits per heavy atom.